The predicted molar refractivity (Wildman–Crippen MR) is 23.6 cm³/mol. The standard InChI is InChI=1S/C3F7.K.H/c4-1(2(5,6)7)3(8,9)10;;. The van der Waals surface area contributed by atoms with Gasteiger partial charge < -0.3 is 0 Å². The van der Waals surface area contributed by atoms with Crippen LogP contribution in [0.3, 0.4) is 0 Å². The summed E-state index contributed by atoms with van der Waals surface area (Å²) in [6.07, 6.45) is -15.8. The summed E-state index contributed by atoms with van der Waals surface area (Å²) in [5, 5.41) is 0. The molecule has 0 aliphatic carbocycles. The van der Waals surface area contributed by atoms with Crippen LogP contribution in [-0.2, 0) is 0 Å². The van der Waals surface area contributed by atoms with Gasteiger partial charge in [-0.3, -0.25) is 0 Å². The van der Waals surface area contributed by atoms with Gasteiger partial charge in [0.1, 0.15) is 0 Å². The van der Waals surface area contributed by atoms with Crippen molar-refractivity contribution in [1.82, 2.24) is 0 Å². The number of rotatable bonds is 0. The molecule has 8 heteroatoms. The van der Waals surface area contributed by atoms with Gasteiger partial charge in [-0.05, 0) is 0 Å². The molecule has 11 heavy (non-hydrogen) atoms. The maximum absolute atomic E-state index is 11.1. The van der Waals surface area contributed by atoms with Crippen molar-refractivity contribution in [2.75, 3.05) is 0 Å². The second-order valence-corrected chi connectivity index (χ2v) is 1.31. The SMILES string of the molecule is F[C](C(F)(F)F)C(F)(F)F.[KH]. The van der Waals surface area contributed by atoms with E-state index < -0.39 is 18.5 Å². The Kier molecular flexibility index (Phi) is 5.87. The van der Waals surface area contributed by atoms with Crippen LogP contribution >= 0.6 is 0 Å². The fraction of sp³-hybridized carbons (Fsp3) is 0.667. The van der Waals surface area contributed by atoms with E-state index in [0.717, 1.165) is 0 Å². The summed E-state index contributed by atoms with van der Waals surface area (Å²) in [5.41, 5.74) is 0. The molecule has 1 radical (unpaired) electrons. The van der Waals surface area contributed by atoms with Crippen LogP contribution in [0.4, 0.5) is 30.7 Å². The van der Waals surface area contributed by atoms with E-state index in [9.17, 15) is 30.7 Å². The first-order valence-electron chi connectivity index (χ1n) is 1.82. The van der Waals surface area contributed by atoms with Crippen molar-refractivity contribution in [2.24, 2.45) is 0 Å². The van der Waals surface area contributed by atoms with Gasteiger partial charge in [0.25, 0.3) is 0 Å². The van der Waals surface area contributed by atoms with E-state index >= 15 is 0 Å². The zero-order valence-electron chi connectivity index (χ0n) is 4.15. The molecular weight excluding hydrogens is 208 g/mol. The van der Waals surface area contributed by atoms with Crippen molar-refractivity contribution < 1.29 is 30.7 Å². The van der Waals surface area contributed by atoms with Gasteiger partial charge in [0.2, 0.25) is 0 Å². The van der Waals surface area contributed by atoms with E-state index in [4.69, 9.17) is 0 Å². The van der Waals surface area contributed by atoms with Crippen LogP contribution < -0.4 is 0 Å². The first-order chi connectivity index (χ1) is 4.15. The van der Waals surface area contributed by atoms with E-state index in [0.29, 0.717) is 0 Å². The average molecular weight is 209 g/mol. The molecule has 0 N–H and O–H groups in total. The van der Waals surface area contributed by atoms with E-state index in [1.54, 1.807) is 0 Å². The van der Waals surface area contributed by atoms with E-state index in [2.05, 4.69) is 0 Å². The molecule has 0 spiro atoms. The van der Waals surface area contributed by atoms with Crippen LogP contribution in [0, 0.1) is 6.17 Å². The Morgan fingerprint density at radius 1 is 0.727 bits per heavy atom. The molecule has 0 nitrogen and oxygen atoms in total. The Morgan fingerprint density at radius 3 is 0.909 bits per heavy atom. The van der Waals surface area contributed by atoms with Gasteiger partial charge in [0.15, 0.2) is 0 Å². The molecule has 0 heterocycles. The molecule has 0 aliphatic rings. The van der Waals surface area contributed by atoms with Crippen LogP contribution in [-0.4, -0.2) is 63.7 Å². The number of hydrogen-bond acceptors (Lipinski definition) is 0. The Bertz CT molecular complexity index is 97.8. The number of hydrogen-bond donors (Lipinski definition) is 0. The molecule has 0 rings (SSSR count). The van der Waals surface area contributed by atoms with Crippen LogP contribution in [0.15, 0.2) is 0 Å². The van der Waals surface area contributed by atoms with E-state index in [1.165, 1.54) is 0 Å². The molecular formula is C3HF7K. The molecule has 0 fully saturated rings. The van der Waals surface area contributed by atoms with Gasteiger partial charge >= 0.3 is 69.9 Å². The molecule has 0 amide bonds. The molecule has 0 bridgehead atoms. The summed E-state index contributed by atoms with van der Waals surface area (Å²) in [6.45, 7) is 0. The van der Waals surface area contributed by atoms with Crippen molar-refractivity contribution >= 4 is 51.4 Å². The molecule has 63 valence electrons. The zero-order valence-corrected chi connectivity index (χ0v) is 4.15. The normalized spacial score (nSPS) is 13.1. The zero-order chi connectivity index (χ0) is 8.58. The van der Waals surface area contributed by atoms with Gasteiger partial charge in [-0.15, -0.1) is 0 Å². The maximum atomic E-state index is 11.1. The van der Waals surface area contributed by atoms with Crippen molar-refractivity contribution in [3.05, 3.63) is 6.17 Å². The summed E-state index contributed by atoms with van der Waals surface area (Å²) < 4.78 is 76.0. The van der Waals surface area contributed by atoms with Crippen LogP contribution in [0.1, 0.15) is 0 Å². The van der Waals surface area contributed by atoms with Crippen molar-refractivity contribution in [2.45, 2.75) is 12.4 Å². The second-order valence-electron chi connectivity index (χ2n) is 1.31. The van der Waals surface area contributed by atoms with Crippen LogP contribution in [0.2, 0.25) is 0 Å². The topological polar surface area (TPSA) is 0 Å². The van der Waals surface area contributed by atoms with E-state index in [1.807, 2.05) is 0 Å². The fourth-order valence-corrected chi connectivity index (χ4v) is 0.161. The number of alkyl halides is 6. The molecule has 0 atom stereocenters. The minimum absolute atomic E-state index is 0. The van der Waals surface area contributed by atoms with Crippen molar-refractivity contribution in [3.8, 4) is 0 Å². The Hall–Kier alpha value is 1.15. The third-order valence-electron chi connectivity index (χ3n) is 0.498. The number of halogens is 7. The molecule has 0 aromatic rings. The predicted octanol–water partition coefficient (Wildman–Crippen LogP) is 1.96. The summed E-state index contributed by atoms with van der Waals surface area (Å²) in [4.78, 5) is 0. The van der Waals surface area contributed by atoms with Gasteiger partial charge in [0, 0.05) is 0 Å². The molecule has 0 saturated heterocycles. The summed E-state index contributed by atoms with van der Waals surface area (Å²) in [7, 11) is 0. The van der Waals surface area contributed by atoms with Crippen molar-refractivity contribution in [3.63, 3.8) is 0 Å². The Balaban J connectivity index is 0. The molecule has 0 aliphatic heterocycles. The monoisotopic (exact) mass is 209 g/mol. The van der Waals surface area contributed by atoms with Crippen molar-refractivity contribution in [1.29, 1.82) is 0 Å². The van der Waals surface area contributed by atoms with Gasteiger partial charge in [-0.25, -0.2) is 4.39 Å². The first-order valence-corrected chi connectivity index (χ1v) is 1.82. The Morgan fingerprint density at radius 2 is 0.909 bits per heavy atom. The first kappa shape index (κ1) is 14.7. The van der Waals surface area contributed by atoms with Gasteiger partial charge in [0.05, 0.1) is 0 Å². The fourth-order valence-electron chi connectivity index (χ4n) is 0.161. The van der Waals surface area contributed by atoms with Gasteiger partial charge in [-0.2, -0.15) is 26.3 Å². The minimum atomic E-state index is -5.93. The summed E-state index contributed by atoms with van der Waals surface area (Å²) >= 11 is 0. The Labute approximate surface area is 99.6 Å². The molecule has 0 aromatic carbocycles. The van der Waals surface area contributed by atoms with E-state index in [-0.39, 0.29) is 51.4 Å². The summed E-state index contributed by atoms with van der Waals surface area (Å²) in [5.74, 6) is 0. The molecule has 0 unspecified atom stereocenters. The third kappa shape index (κ3) is 5.40. The molecule has 0 aromatic heterocycles. The van der Waals surface area contributed by atoms with Gasteiger partial charge in [-0.1, -0.05) is 0 Å². The third-order valence-corrected chi connectivity index (χ3v) is 0.498. The second kappa shape index (κ2) is 4.40. The van der Waals surface area contributed by atoms with Crippen LogP contribution in [0.25, 0.3) is 0 Å². The quantitative estimate of drug-likeness (QED) is 0.422. The summed E-state index contributed by atoms with van der Waals surface area (Å²) in [6, 6.07) is 0. The average Bonchev–Trinajstić information content (AvgIpc) is 1.59. The molecule has 0 saturated carbocycles. The van der Waals surface area contributed by atoms with Crippen LogP contribution in [0.5, 0.6) is 0 Å².